The van der Waals surface area contributed by atoms with Gasteiger partial charge < -0.3 is 10.2 Å². The topological polar surface area (TPSA) is 41.0 Å². The lowest BCUT2D eigenvalue weighted by atomic mass is 10.0. The molecule has 0 aromatic carbocycles. The standard InChI is InChI=1S/C13H22N4S/c1-3-17(9-11-6-4-5-7-14-11)12-8-13(18-2)16-10-15-12/h8,10-11,14H,3-7,9H2,1-2H3. The van der Waals surface area contributed by atoms with Gasteiger partial charge in [0.15, 0.2) is 0 Å². The summed E-state index contributed by atoms with van der Waals surface area (Å²) < 4.78 is 0. The minimum atomic E-state index is 0.603. The van der Waals surface area contributed by atoms with E-state index in [-0.39, 0.29) is 0 Å². The molecule has 0 aliphatic carbocycles. The van der Waals surface area contributed by atoms with Crippen LogP contribution >= 0.6 is 11.8 Å². The van der Waals surface area contributed by atoms with Crippen LogP contribution in [0, 0.1) is 0 Å². The van der Waals surface area contributed by atoms with Crippen molar-refractivity contribution in [1.82, 2.24) is 15.3 Å². The molecule has 0 saturated carbocycles. The zero-order chi connectivity index (χ0) is 12.8. The maximum atomic E-state index is 4.40. The van der Waals surface area contributed by atoms with Gasteiger partial charge in [-0.1, -0.05) is 6.42 Å². The van der Waals surface area contributed by atoms with Gasteiger partial charge >= 0.3 is 0 Å². The lowest BCUT2D eigenvalue weighted by molar-refractivity contribution is 0.399. The van der Waals surface area contributed by atoms with E-state index in [9.17, 15) is 0 Å². The maximum Gasteiger partial charge on any atom is 0.133 e. The van der Waals surface area contributed by atoms with Gasteiger partial charge in [-0.2, -0.15) is 0 Å². The van der Waals surface area contributed by atoms with E-state index < -0.39 is 0 Å². The molecule has 1 saturated heterocycles. The van der Waals surface area contributed by atoms with E-state index in [4.69, 9.17) is 0 Å². The molecule has 1 N–H and O–H groups in total. The number of nitrogens with one attached hydrogen (secondary N) is 1. The third-order valence-corrected chi connectivity index (χ3v) is 4.04. The van der Waals surface area contributed by atoms with Crippen molar-refractivity contribution in [2.45, 2.75) is 37.3 Å². The van der Waals surface area contributed by atoms with Crippen LogP contribution in [-0.4, -0.2) is 41.9 Å². The zero-order valence-electron chi connectivity index (χ0n) is 11.2. The Kier molecular flexibility index (Phi) is 5.26. The largest absolute Gasteiger partial charge is 0.355 e. The van der Waals surface area contributed by atoms with Gasteiger partial charge in [0.25, 0.3) is 0 Å². The third-order valence-electron chi connectivity index (χ3n) is 3.40. The Balaban J connectivity index is 2.02. The second kappa shape index (κ2) is 6.95. The summed E-state index contributed by atoms with van der Waals surface area (Å²) in [6.07, 6.45) is 7.64. The fraction of sp³-hybridized carbons (Fsp3) is 0.692. The molecule has 0 radical (unpaired) electrons. The average molecular weight is 266 g/mol. The average Bonchev–Trinajstić information content (AvgIpc) is 2.46. The normalized spacial score (nSPS) is 19.8. The lowest BCUT2D eigenvalue weighted by Crippen LogP contribution is -2.44. The first kappa shape index (κ1) is 13.6. The smallest absolute Gasteiger partial charge is 0.133 e. The third kappa shape index (κ3) is 3.59. The molecule has 5 heteroatoms. The van der Waals surface area contributed by atoms with Crippen molar-refractivity contribution in [3.63, 3.8) is 0 Å². The quantitative estimate of drug-likeness (QED) is 0.653. The molecule has 0 bridgehead atoms. The molecular formula is C13H22N4S. The molecule has 2 heterocycles. The van der Waals surface area contributed by atoms with Gasteiger partial charge in [-0.3, -0.25) is 0 Å². The molecule has 1 aromatic rings. The number of nitrogens with zero attached hydrogens (tertiary/aromatic N) is 3. The van der Waals surface area contributed by atoms with E-state index >= 15 is 0 Å². The molecule has 1 aliphatic rings. The van der Waals surface area contributed by atoms with Crippen LogP contribution < -0.4 is 10.2 Å². The molecule has 1 aromatic heterocycles. The van der Waals surface area contributed by atoms with E-state index in [1.54, 1.807) is 18.1 Å². The summed E-state index contributed by atoms with van der Waals surface area (Å²) in [4.78, 5) is 11.0. The summed E-state index contributed by atoms with van der Waals surface area (Å²) in [5, 5.41) is 4.63. The number of anilines is 1. The van der Waals surface area contributed by atoms with Gasteiger partial charge in [0.1, 0.15) is 17.2 Å². The van der Waals surface area contributed by atoms with Crippen molar-refractivity contribution in [3.05, 3.63) is 12.4 Å². The number of piperidine rings is 1. The minimum Gasteiger partial charge on any atom is -0.355 e. The predicted molar refractivity (Wildman–Crippen MR) is 77.3 cm³/mol. The van der Waals surface area contributed by atoms with Crippen molar-refractivity contribution in [2.24, 2.45) is 0 Å². The molecule has 4 nitrogen and oxygen atoms in total. The van der Waals surface area contributed by atoms with Gasteiger partial charge in [-0.15, -0.1) is 11.8 Å². The molecule has 0 amide bonds. The summed E-state index contributed by atoms with van der Waals surface area (Å²) in [7, 11) is 0. The van der Waals surface area contributed by atoms with Crippen molar-refractivity contribution in [2.75, 3.05) is 30.8 Å². The summed E-state index contributed by atoms with van der Waals surface area (Å²) in [5.41, 5.74) is 0. The van der Waals surface area contributed by atoms with Crippen molar-refractivity contribution in [1.29, 1.82) is 0 Å². The summed E-state index contributed by atoms with van der Waals surface area (Å²) in [6, 6.07) is 2.68. The van der Waals surface area contributed by atoms with Gasteiger partial charge in [-0.25, -0.2) is 9.97 Å². The minimum absolute atomic E-state index is 0.603. The first-order valence-electron chi connectivity index (χ1n) is 6.68. The van der Waals surface area contributed by atoms with E-state index in [1.165, 1.54) is 19.3 Å². The first-order valence-corrected chi connectivity index (χ1v) is 7.90. The highest BCUT2D eigenvalue weighted by Gasteiger charge is 2.17. The number of rotatable bonds is 5. The molecule has 2 rings (SSSR count). The van der Waals surface area contributed by atoms with Crippen molar-refractivity contribution >= 4 is 17.6 Å². The van der Waals surface area contributed by atoms with Gasteiger partial charge in [-0.05, 0) is 32.6 Å². The van der Waals surface area contributed by atoms with Gasteiger partial charge in [0.05, 0.1) is 0 Å². The fourth-order valence-corrected chi connectivity index (χ4v) is 2.72. The van der Waals surface area contributed by atoms with Crippen LogP contribution in [0.4, 0.5) is 5.82 Å². The van der Waals surface area contributed by atoms with E-state index in [0.29, 0.717) is 6.04 Å². The first-order chi connectivity index (χ1) is 8.83. The predicted octanol–water partition coefficient (Wildman–Crippen LogP) is 2.17. The Morgan fingerprint density at radius 2 is 2.33 bits per heavy atom. The number of aromatic nitrogens is 2. The molecule has 18 heavy (non-hydrogen) atoms. The molecule has 1 unspecified atom stereocenters. The molecular weight excluding hydrogens is 244 g/mol. The van der Waals surface area contributed by atoms with E-state index in [1.807, 2.05) is 6.26 Å². The van der Waals surface area contributed by atoms with Gasteiger partial charge in [0, 0.05) is 25.2 Å². The Morgan fingerprint density at radius 3 is 3.00 bits per heavy atom. The van der Waals surface area contributed by atoms with Crippen LogP contribution in [0.2, 0.25) is 0 Å². The SMILES string of the molecule is CCN(CC1CCCCN1)c1cc(SC)ncn1. The Labute approximate surface area is 114 Å². The molecule has 0 spiro atoms. The van der Waals surface area contributed by atoms with Gasteiger partial charge in [0.2, 0.25) is 0 Å². The molecule has 1 fully saturated rings. The van der Waals surface area contributed by atoms with Crippen molar-refractivity contribution < 1.29 is 0 Å². The number of likely N-dealkylation sites (N-methyl/N-ethyl adjacent to an activating group) is 1. The number of hydrogen-bond donors (Lipinski definition) is 1. The molecule has 1 aliphatic heterocycles. The second-order valence-corrected chi connectivity index (χ2v) is 5.43. The van der Waals surface area contributed by atoms with Crippen LogP contribution in [0.1, 0.15) is 26.2 Å². The highest BCUT2D eigenvalue weighted by atomic mass is 32.2. The monoisotopic (exact) mass is 266 g/mol. The van der Waals surface area contributed by atoms with E-state index in [2.05, 4.69) is 33.2 Å². The highest BCUT2D eigenvalue weighted by Crippen LogP contribution is 2.18. The summed E-state index contributed by atoms with van der Waals surface area (Å²) in [5.74, 6) is 1.05. The summed E-state index contributed by atoms with van der Waals surface area (Å²) >= 11 is 1.66. The molecule has 100 valence electrons. The van der Waals surface area contributed by atoms with Crippen LogP contribution in [0.15, 0.2) is 17.4 Å². The Bertz CT molecular complexity index is 366. The zero-order valence-corrected chi connectivity index (χ0v) is 12.0. The highest BCUT2D eigenvalue weighted by molar-refractivity contribution is 7.98. The molecule has 1 atom stereocenters. The lowest BCUT2D eigenvalue weighted by Gasteiger charge is -2.30. The van der Waals surface area contributed by atoms with Crippen LogP contribution in [0.3, 0.4) is 0 Å². The Morgan fingerprint density at radius 1 is 1.44 bits per heavy atom. The fourth-order valence-electron chi connectivity index (χ4n) is 2.34. The Hall–Kier alpha value is -0.810. The van der Waals surface area contributed by atoms with Crippen molar-refractivity contribution in [3.8, 4) is 0 Å². The van der Waals surface area contributed by atoms with Crippen LogP contribution in [0.5, 0.6) is 0 Å². The number of hydrogen-bond acceptors (Lipinski definition) is 5. The van der Waals surface area contributed by atoms with Crippen LogP contribution in [-0.2, 0) is 0 Å². The summed E-state index contributed by atoms with van der Waals surface area (Å²) in [6.45, 7) is 5.37. The van der Waals surface area contributed by atoms with E-state index in [0.717, 1.165) is 30.5 Å². The second-order valence-electron chi connectivity index (χ2n) is 4.60. The maximum absolute atomic E-state index is 4.40. The number of thioether (sulfide) groups is 1. The van der Waals surface area contributed by atoms with Crippen LogP contribution in [0.25, 0.3) is 0 Å².